The molecule has 0 bridgehead atoms. The van der Waals surface area contributed by atoms with E-state index >= 15 is 0 Å². The molecule has 0 aromatic carbocycles. The zero-order valence-electron chi connectivity index (χ0n) is 15.2. The molecule has 0 atom stereocenters. The molecule has 0 fully saturated rings. The molecule has 0 aliphatic heterocycles. The Balaban J connectivity index is 1.31. The minimum atomic E-state index is -0.297. The topological polar surface area (TPSA) is 84.0 Å². The molecule has 6 nitrogen and oxygen atoms in total. The number of hydrogen-bond acceptors (Lipinski definition) is 6. The number of amides is 2. The molecule has 2 N–H and O–H groups in total. The molecule has 3 heterocycles. The molecule has 28 heavy (non-hydrogen) atoms. The normalized spacial score (nSPS) is 13.4. The predicted molar refractivity (Wildman–Crippen MR) is 110 cm³/mol. The maximum Gasteiger partial charge on any atom is 0.279 e. The van der Waals surface area contributed by atoms with Crippen molar-refractivity contribution in [3.8, 4) is 10.6 Å². The Labute approximate surface area is 171 Å². The average Bonchev–Trinajstić information content (AvgIpc) is 3.29. The van der Waals surface area contributed by atoms with Crippen LogP contribution in [0.1, 0.15) is 45.1 Å². The summed E-state index contributed by atoms with van der Waals surface area (Å²) < 4.78 is 0. The van der Waals surface area contributed by atoms with Gasteiger partial charge < -0.3 is 0 Å². The van der Waals surface area contributed by atoms with Crippen LogP contribution in [0.4, 0.5) is 0 Å². The van der Waals surface area contributed by atoms with Crippen LogP contribution in [0.2, 0.25) is 0 Å². The predicted octanol–water partition coefficient (Wildman–Crippen LogP) is 3.54. The number of aromatic nitrogens is 2. The number of thiazole rings is 1. The second-order valence-corrected chi connectivity index (χ2v) is 8.68. The van der Waals surface area contributed by atoms with Crippen molar-refractivity contribution in [1.82, 2.24) is 20.8 Å². The number of thiophene rings is 1. The van der Waals surface area contributed by atoms with Crippen LogP contribution in [-0.4, -0.2) is 21.8 Å². The molecule has 8 heteroatoms. The van der Waals surface area contributed by atoms with Gasteiger partial charge in [0.1, 0.15) is 5.01 Å². The maximum absolute atomic E-state index is 12.4. The lowest BCUT2D eigenvalue weighted by Crippen LogP contribution is -2.42. The smallest absolute Gasteiger partial charge is 0.273 e. The Hall–Kier alpha value is -2.58. The number of hydrogen-bond donors (Lipinski definition) is 2. The Morgan fingerprint density at radius 2 is 2.04 bits per heavy atom. The first-order valence-corrected chi connectivity index (χ1v) is 10.9. The molecular formula is C20H20N4O2S2. The fraction of sp³-hybridized carbons (Fsp3) is 0.300. The molecule has 0 spiro atoms. The van der Waals surface area contributed by atoms with Crippen molar-refractivity contribution in [1.29, 1.82) is 0 Å². The number of aryl methyl sites for hydroxylation is 2. The van der Waals surface area contributed by atoms with Crippen LogP contribution in [0, 0.1) is 0 Å². The molecule has 3 aromatic rings. The monoisotopic (exact) mass is 412 g/mol. The van der Waals surface area contributed by atoms with E-state index in [0.29, 0.717) is 10.6 Å². The maximum atomic E-state index is 12.4. The van der Waals surface area contributed by atoms with Gasteiger partial charge in [-0.3, -0.25) is 25.4 Å². The summed E-state index contributed by atoms with van der Waals surface area (Å²) >= 11 is 3.00. The highest BCUT2D eigenvalue weighted by molar-refractivity contribution is 7.14. The molecule has 4 rings (SSSR count). The molecule has 0 radical (unpaired) electrons. The van der Waals surface area contributed by atoms with Crippen molar-refractivity contribution in [2.24, 2.45) is 0 Å². The van der Waals surface area contributed by atoms with Crippen LogP contribution in [0.5, 0.6) is 0 Å². The quantitative estimate of drug-likeness (QED) is 0.507. The van der Waals surface area contributed by atoms with Crippen LogP contribution in [-0.2, 0) is 24.1 Å². The minimum absolute atomic E-state index is 0.109. The van der Waals surface area contributed by atoms with E-state index in [1.54, 1.807) is 12.4 Å². The number of pyridine rings is 1. The Morgan fingerprint density at radius 1 is 1.14 bits per heavy atom. The highest BCUT2D eigenvalue weighted by Crippen LogP contribution is 2.28. The van der Waals surface area contributed by atoms with E-state index in [4.69, 9.17) is 0 Å². The number of nitrogens with zero attached hydrogens (tertiary/aromatic N) is 2. The second kappa shape index (κ2) is 8.62. The third kappa shape index (κ3) is 4.45. The molecule has 0 unspecified atom stereocenters. The van der Waals surface area contributed by atoms with Gasteiger partial charge in [0.15, 0.2) is 0 Å². The first-order valence-electron chi connectivity index (χ1n) is 9.24. The summed E-state index contributed by atoms with van der Waals surface area (Å²) in [5.41, 5.74) is 7.88. The van der Waals surface area contributed by atoms with Gasteiger partial charge in [0, 0.05) is 28.2 Å². The van der Waals surface area contributed by atoms with E-state index in [0.717, 1.165) is 23.4 Å². The van der Waals surface area contributed by atoms with Crippen molar-refractivity contribution >= 4 is 34.5 Å². The summed E-state index contributed by atoms with van der Waals surface area (Å²) in [4.78, 5) is 35.0. The lowest BCUT2D eigenvalue weighted by atomic mass is 10.1. The third-order valence-electron chi connectivity index (χ3n) is 4.59. The molecular weight excluding hydrogens is 392 g/mol. The van der Waals surface area contributed by atoms with E-state index in [1.807, 2.05) is 23.6 Å². The minimum Gasteiger partial charge on any atom is -0.273 e. The standard InChI is InChI=1S/C20H20N4O2S2/c25-18(10-15-12-27-20(22-15)14-6-4-8-21-11-14)23-24-19(26)17-9-13-5-2-1-3-7-16(13)28-17/h4,6,8-9,11-12H,1-3,5,7,10H2,(H,23,25)(H,24,26). The van der Waals surface area contributed by atoms with Crippen molar-refractivity contribution in [2.75, 3.05) is 0 Å². The Morgan fingerprint density at radius 3 is 2.89 bits per heavy atom. The van der Waals surface area contributed by atoms with E-state index in [-0.39, 0.29) is 18.2 Å². The molecule has 0 saturated heterocycles. The van der Waals surface area contributed by atoms with Crippen LogP contribution in [0.3, 0.4) is 0 Å². The van der Waals surface area contributed by atoms with Gasteiger partial charge in [-0.25, -0.2) is 4.98 Å². The largest absolute Gasteiger partial charge is 0.279 e. The molecule has 3 aromatic heterocycles. The van der Waals surface area contributed by atoms with Gasteiger partial charge in [0.05, 0.1) is 17.0 Å². The summed E-state index contributed by atoms with van der Waals surface area (Å²) in [6, 6.07) is 5.74. The zero-order chi connectivity index (χ0) is 19.3. The van der Waals surface area contributed by atoms with Gasteiger partial charge in [-0.1, -0.05) is 6.42 Å². The number of carbonyl (C=O) groups is 2. The van der Waals surface area contributed by atoms with E-state index in [1.165, 1.54) is 52.4 Å². The summed E-state index contributed by atoms with van der Waals surface area (Å²) in [6.45, 7) is 0. The van der Waals surface area contributed by atoms with Crippen molar-refractivity contribution in [3.05, 3.63) is 57.0 Å². The van der Waals surface area contributed by atoms with E-state index < -0.39 is 0 Å². The van der Waals surface area contributed by atoms with Crippen LogP contribution in [0.25, 0.3) is 10.6 Å². The van der Waals surface area contributed by atoms with Gasteiger partial charge in [0.2, 0.25) is 5.91 Å². The number of fused-ring (bicyclic) bond motifs is 1. The zero-order valence-corrected chi connectivity index (χ0v) is 16.9. The number of rotatable bonds is 4. The fourth-order valence-corrected chi connectivity index (χ4v) is 5.15. The third-order valence-corrected chi connectivity index (χ3v) is 6.76. The highest BCUT2D eigenvalue weighted by Gasteiger charge is 2.17. The van der Waals surface area contributed by atoms with Gasteiger partial charge in [-0.2, -0.15) is 0 Å². The van der Waals surface area contributed by atoms with Crippen LogP contribution in [0.15, 0.2) is 36.0 Å². The van der Waals surface area contributed by atoms with E-state index in [2.05, 4.69) is 20.8 Å². The summed E-state index contributed by atoms with van der Waals surface area (Å²) in [5, 5.41) is 2.67. The molecule has 1 aliphatic rings. The molecule has 2 amide bonds. The fourth-order valence-electron chi connectivity index (χ4n) is 3.19. The van der Waals surface area contributed by atoms with Crippen LogP contribution < -0.4 is 10.9 Å². The Bertz CT molecular complexity index is 958. The van der Waals surface area contributed by atoms with E-state index in [9.17, 15) is 9.59 Å². The summed E-state index contributed by atoms with van der Waals surface area (Å²) in [7, 11) is 0. The molecule has 144 valence electrons. The van der Waals surface area contributed by atoms with Crippen molar-refractivity contribution in [3.63, 3.8) is 0 Å². The van der Waals surface area contributed by atoms with Gasteiger partial charge in [-0.05, 0) is 49.4 Å². The first-order chi connectivity index (χ1) is 13.7. The van der Waals surface area contributed by atoms with Gasteiger partial charge >= 0.3 is 0 Å². The van der Waals surface area contributed by atoms with Crippen molar-refractivity contribution in [2.45, 2.75) is 38.5 Å². The highest BCUT2D eigenvalue weighted by atomic mass is 32.1. The molecule has 0 saturated carbocycles. The number of hydrazine groups is 1. The Kier molecular flexibility index (Phi) is 5.78. The average molecular weight is 413 g/mol. The molecule has 1 aliphatic carbocycles. The summed E-state index contributed by atoms with van der Waals surface area (Å²) in [5.74, 6) is -0.560. The number of carbonyl (C=O) groups excluding carboxylic acids is 2. The lowest BCUT2D eigenvalue weighted by molar-refractivity contribution is -0.121. The van der Waals surface area contributed by atoms with Crippen molar-refractivity contribution < 1.29 is 9.59 Å². The first kappa shape index (κ1) is 18.8. The lowest BCUT2D eigenvalue weighted by Gasteiger charge is -2.05. The van der Waals surface area contributed by atoms with Crippen LogP contribution >= 0.6 is 22.7 Å². The number of nitrogens with one attached hydrogen (secondary N) is 2. The SMILES string of the molecule is O=C(Cc1csc(-c2cccnc2)n1)NNC(=O)c1cc2c(s1)CCCCC2. The second-order valence-electron chi connectivity index (χ2n) is 6.68. The van der Waals surface area contributed by atoms with Gasteiger partial charge in [0.25, 0.3) is 5.91 Å². The summed E-state index contributed by atoms with van der Waals surface area (Å²) in [6.07, 6.45) is 9.24. The van der Waals surface area contributed by atoms with Gasteiger partial charge in [-0.15, -0.1) is 22.7 Å².